The Labute approximate surface area is 161 Å². The number of benzene rings is 2. The van der Waals surface area contributed by atoms with Crippen LogP contribution < -0.4 is 4.74 Å². The molecule has 5 nitrogen and oxygen atoms in total. The van der Waals surface area contributed by atoms with E-state index in [1.165, 1.54) is 24.4 Å². The number of carboxylic acid groups (broad SMARTS) is 1. The van der Waals surface area contributed by atoms with Crippen LogP contribution in [-0.2, 0) is 6.42 Å². The molecule has 2 aromatic carbocycles. The van der Waals surface area contributed by atoms with Crippen LogP contribution in [0.5, 0.6) is 5.75 Å². The van der Waals surface area contributed by atoms with E-state index in [2.05, 4.69) is 11.1 Å². The van der Waals surface area contributed by atoms with Crippen LogP contribution in [-0.4, -0.2) is 22.7 Å². The molecule has 0 aliphatic rings. The minimum Gasteiger partial charge on any atom is -0.492 e. The van der Waals surface area contributed by atoms with Crippen molar-refractivity contribution in [2.24, 2.45) is 0 Å². The summed E-state index contributed by atoms with van der Waals surface area (Å²) in [7, 11) is 0. The van der Waals surface area contributed by atoms with Crippen molar-refractivity contribution in [3.05, 3.63) is 83.3 Å². The number of carboxylic acids is 1. The van der Waals surface area contributed by atoms with Crippen molar-refractivity contribution in [1.82, 2.24) is 4.98 Å². The third-order valence-corrected chi connectivity index (χ3v) is 4.19. The third kappa shape index (κ3) is 4.51. The summed E-state index contributed by atoms with van der Waals surface area (Å²) in [5, 5.41) is 18.7. The topological polar surface area (TPSA) is 83.2 Å². The number of ether oxygens (including phenoxy) is 1. The van der Waals surface area contributed by atoms with Crippen LogP contribution >= 0.6 is 0 Å². The zero-order valence-electron chi connectivity index (χ0n) is 14.9. The molecule has 0 amide bonds. The van der Waals surface area contributed by atoms with Gasteiger partial charge in [0.1, 0.15) is 17.6 Å². The third-order valence-electron chi connectivity index (χ3n) is 4.19. The molecule has 0 radical (unpaired) electrons. The predicted molar refractivity (Wildman–Crippen MR) is 102 cm³/mol. The van der Waals surface area contributed by atoms with Gasteiger partial charge in [-0.2, -0.15) is 5.26 Å². The van der Waals surface area contributed by atoms with Crippen molar-refractivity contribution in [2.75, 3.05) is 6.61 Å². The molecule has 6 heteroatoms. The maximum atomic E-state index is 12.9. The number of nitriles is 1. The Morgan fingerprint density at radius 3 is 2.68 bits per heavy atom. The quantitative estimate of drug-likeness (QED) is 0.615. The lowest BCUT2D eigenvalue weighted by molar-refractivity contribution is 0.0697. The maximum absolute atomic E-state index is 12.9. The van der Waals surface area contributed by atoms with E-state index in [4.69, 9.17) is 4.74 Å². The lowest BCUT2D eigenvalue weighted by atomic mass is 10.0. The summed E-state index contributed by atoms with van der Waals surface area (Å²) in [6, 6.07) is 16.3. The van der Waals surface area contributed by atoms with E-state index in [-0.39, 0.29) is 11.4 Å². The van der Waals surface area contributed by atoms with E-state index < -0.39 is 5.97 Å². The molecule has 0 bridgehead atoms. The molecule has 0 saturated heterocycles. The van der Waals surface area contributed by atoms with Crippen molar-refractivity contribution in [1.29, 1.82) is 5.26 Å². The molecule has 3 rings (SSSR count). The average molecular weight is 376 g/mol. The number of aromatic nitrogens is 1. The Kier molecular flexibility index (Phi) is 5.97. The van der Waals surface area contributed by atoms with E-state index in [1.807, 2.05) is 0 Å². The number of carbonyl (C=O) groups is 1. The van der Waals surface area contributed by atoms with E-state index in [9.17, 15) is 19.6 Å². The molecule has 0 saturated carbocycles. The van der Waals surface area contributed by atoms with Gasteiger partial charge in [-0.15, -0.1) is 0 Å². The fourth-order valence-corrected chi connectivity index (χ4v) is 2.81. The van der Waals surface area contributed by atoms with Crippen LogP contribution in [0.3, 0.4) is 0 Å². The summed E-state index contributed by atoms with van der Waals surface area (Å²) in [5.41, 5.74) is 2.22. The van der Waals surface area contributed by atoms with E-state index in [1.54, 1.807) is 36.4 Å². The first-order chi connectivity index (χ1) is 13.6. The molecule has 1 N–H and O–H groups in total. The molecule has 0 unspecified atom stereocenters. The minimum atomic E-state index is -1.08. The second-order valence-electron chi connectivity index (χ2n) is 6.11. The predicted octanol–water partition coefficient (Wildman–Crippen LogP) is 4.47. The molecular formula is C22H17FN2O3. The zero-order valence-corrected chi connectivity index (χ0v) is 14.9. The second kappa shape index (κ2) is 8.78. The fraction of sp³-hybridized carbons (Fsp3) is 0.136. The van der Waals surface area contributed by atoms with Crippen LogP contribution in [0.4, 0.5) is 4.39 Å². The molecule has 3 aromatic rings. The minimum absolute atomic E-state index is 0.0688. The molecule has 0 atom stereocenters. The molecular weight excluding hydrogens is 359 g/mol. The van der Waals surface area contributed by atoms with Crippen LogP contribution in [0.15, 0.2) is 60.8 Å². The number of nitrogens with zero attached hydrogens (tertiary/aromatic N) is 2. The fourth-order valence-electron chi connectivity index (χ4n) is 2.81. The van der Waals surface area contributed by atoms with Crippen molar-refractivity contribution in [3.63, 3.8) is 0 Å². The Morgan fingerprint density at radius 2 is 1.96 bits per heavy atom. The van der Waals surface area contributed by atoms with Gasteiger partial charge in [-0.25, -0.2) is 9.18 Å². The summed E-state index contributed by atoms with van der Waals surface area (Å²) in [6.07, 6.45) is 2.95. The van der Waals surface area contributed by atoms with Gasteiger partial charge in [-0.1, -0.05) is 12.1 Å². The van der Waals surface area contributed by atoms with Crippen molar-refractivity contribution < 1.29 is 19.0 Å². The standard InChI is InChI=1S/C22H17FN2O3/c23-18-8-5-15(6-9-18)3-2-12-28-20-10-7-16(13-17(20)14-24)21-19(22(26)27)4-1-11-25-21/h1,4-11,13H,2-3,12H2,(H,26,27). The number of pyridine rings is 1. The largest absolute Gasteiger partial charge is 0.492 e. The van der Waals surface area contributed by atoms with Crippen molar-refractivity contribution >= 4 is 5.97 Å². The number of aryl methyl sites for hydroxylation is 1. The highest BCUT2D eigenvalue weighted by Crippen LogP contribution is 2.27. The second-order valence-corrected chi connectivity index (χ2v) is 6.11. The van der Waals surface area contributed by atoms with Crippen LogP contribution in [0.2, 0.25) is 0 Å². The van der Waals surface area contributed by atoms with Crippen LogP contribution in [0.25, 0.3) is 11.3 Å². The SMILES string of the molecule is N#Cc1cc(-c2ncccc2C(=O)O)ccc1OCCCc1ccc(F)cc1. The van der Waals surface area contributed by atoms with Crippen LogP contribution in [0.1, 0.15) is 27.9 Å². The average Bonchev–Trinajstić information content (AvgIpc) is 2.72. The Morgan fingerprint density at radius 1 is 1.18 bits per heavy atom. The molecule has 140 valence electrons. The summed E-state index contributed by atoms with van der Waals surface area (Å²) in [5.74, 6) is -0.918. The Balaban J connectivity index is 1.69. The highest BCUT2D eigenvalue weighted by molar-refractivity contribution is 5.94. The Bertz CT molecular complexity index is 1030. The summed E-state index contributed by atoms with van der Waals surface area (Å²) < 4.78 is 18.6. The first-order valence-electron chi connectivity index (χ1n) is 8.68. The molecule has 1 aromatic heterocycles. The van der Waals surface area contributed by atoms with Crippen molar-refractivity contribution in [3.8, 4) is 23.1 Å². The van der Waals surface area contributed by atoms with Gasteiger partial charge in [0.25, 0.3) is 0 Å². The van der Waals surface area contributed by atoms with Gasteiger partial charge >= 0.3 is 5.97 Å². The summed E-state index contributed by atoms with van der Waals surface area (Å²) >= 11 is 0. The smallest absolute Gasteiger partial charge is 0.337 e. The number of hydrogen-bond acceptors (Lipinski definition) is 4. The number of aromatic carboxylic acids is 1. The monoisotopic (exact) mass is 376 g/mol. The molecule has 0 fully saturated rings. The Hall–Kier alpha value is -3.72. The van der Waals surface area contributed by atoms with Gasteiger partial charge in [-0.3, -0.25) is 4.98 Å². The molecule has 1 heterocycles. The van der Waals surface area contributed by atoms with Gasteiger partial charge < -0.3 is 9.84 Å². The number of hydrogen-bond donors (Lipinski definition) is 1. The van der Waals surface area contributed by atoms with Crippen LogP contribution in [0, 0.1) is 17.1 Å². The lowest BCUT2D eigenvalue weighted by Gasteiger charge is -2.10. The maximum Gasteiger partial charge on any atom is 0.337 e. The van der Waals surface area contributed by atoms with Gasteiger partial charge in [-0.05, 0) is 60.9 Å². The highest BCUT2D eigenvalue weighted by atomic mass is 19.1. The molecule has 0 aliphatic heterocycles. The van der Waals surface area contributed by atoms with Gasteiger partial charge in [0.05, 0.1) is 23.4 Å². The van der Waals surface area contributed by atoms with E-state index >= 15 is 0 Å². The summed E-state index contributed by atoms with van der Waals surface area (Å²) in [6.45, 7) is 0.398. The normalized spacial score (nSPS) is 10.3. The van der Waals surface area contributed by atoms with Gasteiger partial charge in [0.2, 0.25) is 0 Å². The van der Waals surface area contributed by atoms with E-state index in [0.29, 0.717) is 35.6 Å². The van der Waals surface area contributed by atoms with E-state index in [0.717, 1.165) is 12.0 Å². The number of halogens is 1. The first kappa shape index (κ1) is 19.1. The lowest BCUT2D eigenvalue weighted by Crippen LogP contribution is -2.03. The molecule has 28 heavy (non-hydrogen) atoms. The van der Waals surface area contributed by atoms with Crippen molar-refractivity contribution in [2.45, 2.75) is 12.8 Å². The summed E-state index contributed by atoms with van der Waals surface area (Å²) in [4.78, 5) is 15.5. The highest BCUT2D eigenvalue weighted by Gasteiger charge is 2.14. The first-order valence-corrected chi connectivity index (χ1v) is 8.68. The van der Waals surface area contributed by atoms with Gasteiger partial charge in [0, 0.05) is 11.8 Å². The van der Waals surface area contributed by atoms with Gasteiger partial charge in [0.15, 0.2) is 0 Å². The molecule has 0 spiro atoms. The number of rotatable bonds is 7. The zero-order chi connectivity index (χ0) is 19.9. The molecule has 0 aliphatic carbocycles.